The number of hydrogen-bond acceptors (Lipinski definition) is 1. The van der Waals surface area contributed by atoms with Gasteiger partial charge >= 0.3 is 6.85 Å². The minimum absolute atomic E-state index is 0.193. The van der Waals surface area contributed by atoms with Gasteiger partial charge < -0.3 is 4.81 Å². The molecule has 0 N–H and O–H groups in total. The van der Waals surface area contributed by atoms with Crippen LogP contribution in [0.4, 0.5) is 11.4 Å². The maximum Gasteiger partial charge on any atom is 0.301 e. The summed E-state index contributed by atoms with van der Waals surface area (Å²) in [6.45, 7) is 0.193. The lowest BCUT2D eigenvalue weighted by molar-refractivity contribution is 1.07. The number of hydrogen-bond donors (Lipinski definition) is 0. The van der Waals surface area contributed by atoms with Gasteiger partial charge in [0.1, 0.15) is 0 Å². The van der Waals surface area contributed by atoms with Crippen molar-refractivity contribution in [1.82, 2.24) is 0 Å². The van der Waals surface area contributed by atoms with Crippen LogP contribution in [0.5, 0.6) is 0 Å². The van der Waals surface area contributed by atoms with Crippen LogP contribution in [-0.4, -0.2) is 6.85 Å². The molecule has 178 valence electrons. The molecule has 1 atom stereocenters. The highest BCUT2D eigenvalue weighted by atomic mass is 15.1. The van der Waals surface area contributed by atoms with Gasteiger partial charge in [0.05, 0.1) is 0 Å². The molecule has 6 aromatic carbocycles. The summed E-state index contributed by atoms with van der Waals surface area (Å²) in [6, 6.07) is 46.6. The molecule has 2 heteroatoms. The van der Waals surface area contributed by atoms with E-state index in [2.05, 4.69) is 144 Å². The summed E-state index contributed by atoms with van der Waals surface area (Å²) >= 11 is 0. The molecule has 2 aliphatic rings. The Hall–Kier alpha value is -4.56. The summed E-state index contributed by atoms with van der Waals surface area (Å²) in [7, 11) is 0. The molecule has 1 heterocycles. The number of nitrogens with zero attached hydrogens (tertiary/aromatic N) is 1. The molecule has 0 saturated carbocycles. The summed E-state index contributed by atoms with van der Waals surface area (Å²) in [6.07, 6.45) is 6.08. The Morgan fingerprint density at radius 1 is 0.526 bits per heavy atom. The number of anilines is 2. The van der Waals surface area contributed by atoms with Crippen LogP contribution >= 0.6 is 0 Å². The number of fused-ring (bicyclic) bond motifs is 9. The number of rotatable bonds is 2. The fourth-order valence-corrected chi connectivity index (χ4v) is 6.86. The average molecular weight is 483 g/mol. The lowest BCUT2D eigenvalue weighted by Crippen LogP contribution is -2.53. The zero-order chi connectivity index (χ0) is 25.1. The molecule has 1 unspecified atom stereocenters. The maximum atomic E-state index is 2.58. The number of benzene rings is 6. The largest absolute Gasteiger partial charge is 0.380 e. The zero-order valence-corrected chi connectivity index (χ0v) is 21.1. The van der Waals surface area contributed by atoms with E-state index in [9.17, 15) is 0 Å². The molecule has 0 saturated heterocycles. The average Bonchev–Trinajstić information content (AvgIpc) is 3.01. The predicted molar refractivity (Wildman–Crippen MR) is 164 cm³/mol. The molecule has 8 rings (SSSR count). The molecule has 1 nitrogen and oxygen atoms in total. The number of para-hydroxylation sites is 2. The Labute approximate surface area is 223 Å². The van der Waals surface area contributed by atoms with Crippen LogP contribution in [0.25, 0.3) is 44.8 Å². The molecule has 6 aromatic rings. The van der Waals surface area contributed by atoms with Crippen LogP contribution in [0.2, 0.25) is 5.82 Å². The molecule has 1 aliphatic heterocycles. The first-order valence-electron chi connectivity index (χ1n) is 13.5. The molecule has 0 aromatic heterocycles. The topological polar surface area (TPSA) is 3.24 Å². The molecule has 1 aliphatic carbocycles. The standard InChI is InChI=1S/C36H26BN/c1-2-12-26(13-3-1)38-36-21-11-9-19-33(36)32-18-8-10-20-35(32)37(38)25-22-23-31-29-16-5-4-14-27(29)28-15-6-7-17-30(28)34(31)24-25/h1-21,23-25H,22H2. The Morgan fingerprint density at radius 3 is 1.87 bits per heavy atom. The van der Waals surface area contributed by atoms with E-state index in [4.69, 9.17) is 0 Å². The van der Waals surface area contributed by atoms with Gasteiger partial charge in [-0.05, 0) is 73.4 Å². The Bertz CT molecular complexity index is 1980. The second kappa shape index (κ2) is 8.50. The second-order valence-corrected chi connectivity index (χ2v) is 10.4. The third-order valence-electron chi connectivity index (χ3n) is 8.44. The fourth-order valence-electron chi connectivity index (χ4n) is 6.86. The van der Waals surface area contributed by atoms with Gasteiger partial charge in [0.25, 0.3) is 0 Å². The van der Waals surface area contributed by atoms with E-state index in [1.54, 1.807) is 0 Å². The molecule has 0 fully saturated rings. The summed E-state index contributed by atoms with van der Waals surface area (Å²) in [5, 5.41) is 8.13. The van der Waals surface area contributed by atoms with Crippen LogP contribution in [0.1, 0.15) is 6.42 Å². The molecule has 38 heavy (non-hydrogen) atoms. The van der Waals surface area contributed by atoms with E-state index in [1.807, 2.05) is 0 Å². The van der Waals surface area contributed by atoms with Crippen molar-refractivity contribution in [3.63, 3.8) is 0 Å². The smallest absolute Gasteiger partial charge is 0.301 e. The van der Waals surface area contributed by atoms with Gasteiger partial charge in [-0.25, -0.2) is 0 Å². The van der Waals surface area contributed by atoms with Gasteiger partial charge in [-0.2, -0.15) is 0 Å². The third-order valence-corrected chi connectivity index (χ3v) is 8.44. The van der Waals surface area contributed by atoms with Crippen LogP contribution in [-0.2, 0) is 0 Å². The lowest BCUT2D eigenvalue weighted by atomic mass is 9.41. The van der Waals surface area contributed by atoms with Crippen molar-refractivity contribution in [3.05, 3.63) is 138 Å². The first-order valence-corrected chi connectivity index (χ1v) is 13.5. The first kappa shape index (κ1) is 21.5. The fraction of sp³-hybridized carbons (Fsp3) is 0.0556. The van der Waals surface area contributed by atoms with Gasteiger partial charge in [-0.15, -0.1) is 0 Å². The molecule has 0 radical (unpaired) electrons. The summed E-state index contributed by atoms with van der Waals surface area (Å²) in [4.78, 5) is 2.58. The van der Waals surface area contributed by atoms with E-state index in [1.165, 1.54) is 59.9 Å². The van der Waals surface area contributed by atoms with Gasteiger partial charge in [-0.3, -0.25) is 0 Å². The van der Waals surface area contributed by atoms with Crippen molar-refractivity contribution in [1.29, 1.82) is 0 Å². The normalized spacial score (nSPS) is 15.8. The highest BCUT2D eigenvalue weighted by molar-refractivity contribution is 6.82. The monoisotopic (exact) mass is 483 g/mol. The van der Waals surface area contributed by atoms with E-state index < -0.39 is 0 Å². The Morgan fingerprint density at radius 2 is 1.11 bits per heavy atom. The minimum atomic E-state index is 0.193. The van der Waals surface area contributed by atoms with Crippen LogP contribution < -0.4 is 20.7 Å². The van der Waals surface area contributed by atoms with Crippen molar-refractivity contribution in [3.8, 4) is 11.1 Å². The molecule has 0 bridgehead atoms. The Balaban J connectivity index is 1.42. The lowest BCUT2D eigenvalue weighted by Gasteiger charge is -2.41. The minimum Gasteiger partial charge on any atom is -0.380 e. The van der Waals surface area contributed by atoms with E-state index in [0.29, 0.717) is 5.82 Å². The van der Waals surface area contributed by atoms with Gasteiger partial charge in [0.15, 0.2) is 0 Å². The van der Waals surface area contributed by atoms with Crippen LogP contribution in [0.15, 0.2) is 127 Å². The summed E-state index contributed by atoms with van der Waals surface area (Å²) < 4.78 is 0. The van der Waals surface area contributed by atoms with Crippen molar-refractivity contribution in [2.75, 3.05) is 4.81 Å². The maximum absolute atomic E-state index is 2.58. The van der Waals surface area contributed by atoms with Crippen molar-refractivity contribution >= 4 is 57.4 Å². The third kappa shape index (κ3) is 3.13. The van der Waals surface area contributed by atoms with E-state index in [0.717, 1.165) is 6.42 Å². The van der Waals surface area contributed by atoms with Crippen molar-refractivity contribution in [2.24, 2.45) is 0 Å². The highest BCUT2D eigenvalue weighted by Gasteiger charge is 2.40. The quantitative estimate of drug-likeness (QED) is 0.189. The van der Waals surface area contributed by atoms with Crippen molar-refractivity contribution in [2.45, 2.75) is 12.2 Å². The summed E-state index contributed by atoms with van der Waals surface area (Å²) in [5.74, 6) is 0.321. The Kier molecular flexibility index (Phi) is 4.81. The van der Waals surface area contributed by atoms with Gasteiger partial charge in [0.2, 0.25) is 0 Å². The van der Waals surface area contributed by atoms with Gasteiger partial charge in [0, 0.05) is 16.9 Å². The molecule has 0 spiro atoms. The summed E-state index contributed by atoms with van der Waals surface area (Å²) in [5.41, 5.74) is 6.58. The highest BCUT2D eigenvalue weighted by Crippen LogP contribution is 2.43. The zero-order valence-electron chi connectivity index (χ0n) is 21.1. The second-order valence-electron chi connectivity index (χ2n) is 10.4. The van der Waals surface area contributed by atoms with Crippen LogP contribution in [0.3, 0.4) is 0 Å². The van der Waals surface area contributed by atoms with E-state index >= 15 is 0 Å². The van der Waals surface area contributed by atoms with Crippen molar-refractivity contribution < 1.29 is 0 Å². The first-order chi connectivity index (χ1) is 18.9. The van der Waals surface area contributed by atoms with Gasteiger partial charge in [-0.1, -0.05) is 121 Å². The molecule has 0 amide bonds. The molecular formula is C36H26BN. The SMILES string of the molecule is C1=c2c(c3ccccc3c3ccccc23)=CC(B2c3ccccc3-c3ccccc3N2c2ccccc2)C1. The predicted octanol–water partition coefficient (Wildman–Crippen LogP) is 7.05. The van der Waals surface area contributed by atoms with Crippen LogP contribution in [0, 0.1) is 0 Å². The molecular weight excluding hydrogens is 457 g/mol. The van der Waals surface area contributed by atoms with E-state index in [-0.39, 0.29) is 6.85 Å².